The number of aromatic nitrogens is 5. The Bertz CT molecular complexity index is 731. The van der Waals surface area contributed by atoms with Crippen LogP contribution in [-0.4, -0.2) is 25.1 Å². The molecule has 0 spiro atoms. The van der Waals surface area contributed by atoms with Gasteiger partial charge in [0.25, 0.3) is 5.89 Å². The molecule has 3 aromatic heterocycles. The maximum atomic E-state index is 13.0. The summed E-state index contributed by atoms with van der Waals surface area (Å²) in [5.41, 5.74) is 1.30. The van der Waals surface area contributed by atoms with Crippen LogP contribution in [0.2, 0.25) is 0 Å². The van der Waals surface area contributed by atoms with Gasteiger partial charge in [-0.3, -0.25) is 4.98 Å². The smallest absolute Gasteiger partial charge is 0.316 e. The van der Waals surface area contributed by atoms with Crippen molar-refractivity contribution in [3.8, 4) is 17.5 Å². The fraction of sp³-hybridized carbons (Fsp3) is 0.214. The third-order valence-electron chi connectivity index (χ3n) is 2.74. The molecular formula is C14H12FN5O2. The number of rotatable bonds is 5. The second-order valence-corrected chi connectivity index (χ2v) is 4.42. The molecule has 1 unspecified atom stereocenters. The molecule has 8 heteroatoms. The highest BCUT2D eigenvalue weighted by Crippen LogP contribution is 2.21. The van der Waals surface area contributed by atoms with Crippen LogP contribution in [0.1, 0.15) is 24.7 Å². The summed E-state index contributed by atoms with van der Waals surface area (Å²) in [7, 11) is 0. The van der Waals surface area contributed by atoms with E-state index < -0.39 is 6.17 Å². The first-order valence-electron chi connectivity index (χ1n) is 6.55. The second-order valence-electron chi connectivity index (χ2n) is 4.42. The highest BCUT2D eigenvalue weighted by atomic mass is 19.1. The van der Waals surface area contributed by atoms with E-state index in [-0.39, 0.29) is 24.4 Å². The molecule has 3 heterocycles. The van der Waals surface area contributed by atoms with Crippen LogP contribution in [-0.2, 0) is 6.61 Å². The van der Waals surface area contributed by atoms with E-state index in [4.69, 9.17) is 9.15 Å². The van der Waals surface area contributed by atoms with E-state index in [1.807, 2.05) is 0 Å². The molecule has 0 amide bonds. The lowest BCUT2D eigenvalue weighted by atomic mass is 10.2. The van der Waals surface area contributed by atoms with Crippen molar-refractivity contribution in [1.29, 1.82) is 0 Å². The minimum atomic E-state index is -1.30. The number of hydrogen-bond acceptors (Lipinski definition) is 7. The highest BCUT2D eigenvalue weighted by molar-refractivity contribution is 5.50. The molecule has 0 aromatic carbocycles. The van der Waals surface area contributed by atoms with Gasteiger partial charge in [0.2, 0.25) is 5.89 Å². The van der Waals surface area contributed by atoms with Crippen LogP contribution in [0.25, 0.3) is 11.5 Å². The van der Waals surface area contributed by atoms with Crippen molar-refractivity contribution in [3.63, 3.8) is 0 Å². The molecule has 22 heavy (non-hydrogen) atoms. The molecule has 0 bridgehead atoms. The summed E-state index contributed by atoms with van der Waals surface area (Å²) >= 11 is 0. The monoisotopic (exact) mass is 301 g/mol. The van der Waals surface area contributed by atoms with E-state index >= 15 is 0 Å². The van der Waals surface area contributed by atoms with Crippen LogP contribution in [0.15, 0.2) is 41.2 Å². The molecule has 0 saturated carbocycles. The molecule has 0 aliphatic heterocycles. The predicted molar refractivity (Wildman–Crippen MR) is 73.4 cm³/mol. The first kappa shape index (κ1) is 14.1. The summed E-state index contributed by atoms with van der Waals surface area (Å²) in [6, 6.07) is 5.49. The van der Waals surface area contributed by atoms with E-state index in [2.05, 4.69) is 25.1 Å². The first-order valence-corrected chi connectivity index (χ1v) is 6.55. The fourth-order valence-corrected chi connectivity index (χ4v) is 1.65. The molecule has 0 fully saturated rings. The standard InChI is InChI=1S/C14H12FN5O2/c1-9(15)12-19-20-13(22-12)10-3-4-11(18-7-10)8-21-14-16-5-2-6-17-14/h2-7,9H,8H2,1H3. The normalized spacial score (nSPS) is 12.1. The van der Waals surface area contributed by atoms with Gasteiger partial charge in [-0.05, 0) is 25.1 Å². The van der Waals surface area contributed by atoms with Crippen LogP contribution >= 0.6 is 0 Å². The number of alkyl halides is 1. The largest absolute Gasteiger partial charge is 0.457 e. The topological polar surface area (TPSA) is 86.8 Å². The lowest BCUT2D eigenvalue weighted by Crippen LogP contribution is -2.00. The van der Waals surface area contributed by atoms with Crippen molar-refractivity contribution in [3.05, 3.63) is 48.4 Å². The summed E-state index contributed by atoms with van der Waals surface area (Å²) in [6.45, 7) is 1.57. The van der Waals surface area contributed by atoms with Gasteiger partial charge in [0.1, 0.15) is 6.61 Å². The Balaban J connectivity index is 1.67. The van der Waals surface area contributed by atoms with Crippen molar-refractivity contribution < 1.29 is 13.5 Å². The van der Waals surface area contributed by atoms with E-state index in [0.29, 0.717) is 11.3 Å². The predicted octanol–water partition coefficient (Wildman–Crippen LogP) is 2.53. The lowest BCUT2D eigenvalue weighted by molar-refractivity contribution is 0.276. The zero-order chi connectivity index (χ0) is 15.4. The Kier molecular flexibility index (Phi) is 3.99. The summed E-state index contributed by atoms with van der Waals surface area (Å²) in [5, 5.41) is 7.41. The van der Waals surface area contributed by atoms with Gasteiger partial charge < -0.3 is 9.15 Å². The number of pyridine rings is 1. The zero-order valence-electron chi connectivity index (χ0n) is 11.7. The number of ether oxygens (including phenoxy) is 1. The Morgan fingerprint density at radius 3 is 2.64 bits per heavy atom. The maximum Gasteiger partial charge on any atom is 0.316 e. The molecule has 0 N–H and O–H groups in total. The van der Waals surface area contributed by atoms with Crippen LogP contribution in [0.3, 0.4) is 0 Å². The Hall–Kier alpha value is -2.90. The Morgan fingerprint density at radius 2 is 2.00 bits per heavy atom. The van der Waals surface area contributed by atoms with E-state index in [0.717, 1.165) is 0 Å². The van der Waals surface area contributed by atoms with Crippen molar-refractivity contribution in [2.24, 2.45) is 0 Å². The van der Waals surface area contributed by atoms with Gasteiger partial charge in [-0.15, -0.1) is 10.2 Å². The Morgan fingerprint density at radius 1 is 1.18 bits per heavy atom. The van der Waals surface area contributed by atoms with Crippen molar-refractivity contribution >= 4 is 0 Å². The molecule has 0 saturated heterocycles. The number of nitrogens with zero attached hydrogens (tertiary/aromatic N) is 5. The van der Waals surface area contributed by atoms with Crippen molar-refractivity contribution in [2.45, 2.75) is 19.7 Å². The van der Waals surface area contributed by atoms with Gasteiger partial charge in [-0.1, -0.05) is 0 Å². The first-order chi connectivity index (χ1) is 10.7. The second kappa shape index (κ2) is 6.25. The average molecular weight is 301 g/mol. The SMILES string of the molecule is CC(F)c1nnc(-c2ccc(COc3ncccn3)nc2)o1. The van der Waals surface area contributed by atoms with E-state index in [1.54, 1.807) is 36.8 Å². The molecule has 112 valence electrons. The molecule has 1 atom stereocenters. The lowest BCUT2D eigenvalue weighted by Gasteiger charge is -2.03. The highest BCUT2D eigenvalue weighted by Gasteiger charge is 2.14. The van der Waals surface area contributed by atoms with Crippen LogP contribution in [0, 0.1) is 0 Å². The van der Waals surface area contributed by atoms with Gasteiger partial charge in [0.15, 0.2) is 6.17 Å². The summed E-state index contributed by atoms with van der Waals surface area (Å²) in [5.74, 6) is 0.175. The van der Waals surface area contributed by atoms with Gasteiger partial charge in [-0.2, -0.15) is 0 Å². The minimum absolute atomic E-state index is 0.0522. The Labute approximate surface area is 125 Å². The summed E-state index contributed by atoms with van der Waals surface area (Å²) in [4.78, 5) is 12.1. The fourth-order valence-electron chi connectivity index (χ4n) is 1.65. The average Bonchev–Trinajstić information content (AvgIpc) is 3.05. The van der Waals surface area contributed by atoms with Gasteiger partial charge in [-0.25, -0.2) is 14.4 Å². The van der Waals surface area contributed by atoms with Crippen LogP contribution in [0.5, 0.6) is 6.01 Å². The zero-order valence-corrected chi connectivity index (χ0v) is 11.7. The van der Waals surface area contributed by atoms with Crippen LogP contribution < -0.4 is 4.74 Å². The maximum absolute atomic E-state index is 13.0. The molecule has 0 aliphatic carbocycles. The van der Waals surface area contributed by atoms with E-state index in [9.17, 15) is 4.39 Å². The van der Waals surface area contributed by atoms with Crippen molar-refractivity contribution in [1.82, 2.24) is 25.1 Å². The minimum Gasteiger partial charge on any atom is -0.457 e. The van der Waals surface area contributed by atoms with Gasteiger partial charge >= 0.3 is 6.01 Å². The van der Waals surface area contributed by atoms with Gasteiger partial charge in [0, 0.05) is 18.6 Å². The molecule has 3 aromatic rings. The van der Waals surface area contributed by atoms with Crippen LogP contribution in [0.4, 0.5) is 4.39 Å². The molecule has 3 rings (SSSR count). The third kappa shape index (κ3) is 3.22. The molecule has 0 radical (unpaired) electrons. The molecule has 0 aliphatic rings. The summed E-state index contributed by atoms with van der Waals surface area (Å²) < 4.78 is 23.6. The number of halogens is 1. The molecular weight excluding hydrogens is 289 g/mol. The third-order valence-corrected chi connectivity index (χ3v) is 2.74. The summed E-state index contributed by atoms with van der Waals surface area (Å²) in [6.07, 6.45) is 3.45. The van der Waals surface area contributed by atoms with Crippen molar-refractivity contribution in [2.75, 3.05) is 0 Å². The quantitative estimate of drug-likeness (QED) is 0.715. The number of hydrogen-bond donors (Lipinski definition) is 0. The van der Waals surface area contributed by atoms with Gasteiger partial charge in [0.05, 0.1) is 11.3 Å². The van der Waals surface area contributed by atoms with E-state index in [1.165, 1.54) is 6.92 Å². The molecule has 7 nitrogen and oxygen atoms in total.